The smallest absolute Gasteiger partial charge is 0.315 e. The zero-order chi connectivity index (χ0) is 25.8. The highest BCUT2D eigenvalue weighted by Crippen LogP contribution is 2.70. The lowest BCUT2D eigenvalue weighted by atomic mass is 9.94. The maximum atomic E-state index is 12.9. The summed E-state index contributed by atoms with van der Waals surface area (Å²) in [6.45, 7) is 5.94. The van der Waals surface area contributed by atoms with Crippen molar-refractivity contribution in [2.45, 2.75) is 77.2 Å². The molecule has 0 bridgehead atoms. The van der Waals surface area contributed by atoms with E-state index in [0.29, 0.717) is 17.1 Å². The number of rotatable bonds is 5. The van der Waals surface area contributed by atoms with Crippen molar-refractivity contribution in [3.63, 3.8) is 0 Å². The lowest BCUT2D eigenvalue weighted by molar-refractivity contribution is -0.117. The molecular formula is C29H33N5O3. The Kier molecular flexibility index (Phi) is 5.66. The number of fused-ring (bicyclic) bond motifs is 1. The molecular weight excluding hydrogens is 466 g/mol. The van der Waals surface area contributed by atoms with Crippen molar-refractivity contribution >= 4 is 17.6 Å². The molecule has 37 heavy (non-hydrogen) atoms. The number of anilines is 1. The summed E-state index contributed by atoms with van der Waals surface area (Å²) >= 11 is 0. The van der Waals surface area contributed by atoms with E-state index in [-0.39, 0.29) is 35.1 Å². The van der Waals surface area contributed by atoms with Gasteiger partial charge in [-0.1, -0.05) is 50.5 Å². The minimum atomic E-state index is -0.344. The van der Waals surface area contributed by atoms with Crippen LogP contribution in [0.5, 0.6) is 0 Å². The summed E-state index contributed by atoms with van der Waals surface area (Å²) < 4.78 is 5.25. The Bertz CT molecular complexity index is 1370. The van der Waals surface area contributed by atoms with Crippen LogP contribution in [0, 0.1) is 11.3 Å². The predicted molar refractivity (Wildman–Crippen MR) is 139 cm³/mol. The molecule has 3 aromatic rings. The number of benzene rings is 1. The van der Waals surface area contributed by atoms with Crippen molar-refractivity contribution in [2.75, 3.05) is 5.32 Å². The van der Waals surface area contributed by atoms with Gasteiger partial charge in [-0.05, 0) is 78.3 Å². The summed E-state index contributed by atoms with van der Waals surface area (Å²) in [5.74, 6) is 1.02. The summed E-state index contributed by atoms with van der Waals surface area (Å²) in [7, 11) is 0. The van der Waals surface area contributed by atoms with Crippen LogP contribution in [0.25, 0.3) is 11.1 Å². The molecule has 2 aromatic heterocycles. The van der Waals surface area contributed by atoms with Gasteiger partial charge in [0.2, 0.25) is 5.91 Å². The molecule has 0 aliphatic heterocycles. The fourth-order valence-electron chi connectivity index (χ4n) is 5.47. The molecule has 2 saturated carbocycles. The number of aryl methyl sites for hydroxylation is 1. The average Bonchev–Trinajstić information content (AvgIpc) is 3.76. The highest BCUT2D eigenvalue weighted by atomic mass is 16.5. The van der Waals surface area contributed by atoms with E-state index >= 15 is 0 Å². The first-order valence-corrected chi connectivity index (χ1v) is 13.3. The SMILES string of the molecule is CC(C)(C)c1noc(C(=O)N[C@@H]2CCCCc3cc(-c4ccnc(NC(=O)[C@@H]5CC56CC6)c4)ccc32)n1. The fourth-order valence-corrected chi connectivity index (χ4v) is 5.47. The average molecular weight is 500 g/mol. The van der Waals surface area contributed by atoms with Crippen molar-refractivity contribution in [2.24, 2.45) is 11.3 Å². The molecule has 2 heterocycles. The molecule has 1 aromatic carbocycles. The zero-order valence-corrected chi connectivity index (χ0v) is 21.6. The van der Waals surface area contributed by atoms with Gasteiger partial charge in [0.25, 0.3) is 0 Å². The lowest BCUT2D eigenvalue weighted by Crippen LogP contribution is -2.29. The van der Waals surface area contributed by atoms with E-state index in [1.165, 1.54) is 18.4 Å². The van der Waals surface area contributed by atoms with E-state index < -0.39 is 0 Å². The van der Waals surface area contributed by atoms with Gasteiger partial charge in [0.1, 0.15) is 5.82 Å². The van der Waals surface area contributed by atoms with Gasteiger partial charge in [-0.3, -0.25) is 9.59 Å². The Morgan fingerprint density at radius 3 is 2.62 bits per heavy atom. The molecule has 2 N–H and O–H groups in total. The molecule has 0 radical (unpaired) electrons. The molecule has 0 saturated heterocycles. The molecule has 3 aliphatic rings. The maximum absolute atomic E-state index is 12.9. The number of hydrogen-bond acceptors (Lipinski definition) is 6. The van der Waals surface area contributed by atoms with Crippen molar-refractivity contribution < 1.29 is 14.1 Å². The predicted octanol–water partition coefficient (Wildman–Crippen LogP) is 5.37. The maximum Gasteiger partial charge on any atom is 0.315 e. The van der Waals surface area contributed by atoms with Gasteiger partial charge in [0.15, 0.2) is 5.82 Å². The summed E-state index contributed by atoms with van der Waals surface area (Å²) in [6.07, 6.45) is 9.00. The van der Waals surface area contributed by atoms with Crippen LogP contribution in [0.2, 0.25) is 0 Å². The molecule has 1 spiro atoms. The van der Waals surface area contributed by atoms with Gasteiger partial charge in [-0.2, -0.15) is 4.98 Å². The third kappa shape index (κ3) is 4.77. The van der Waals surface area contributed by atoms with Gasteiger partial charge in [0, 0.05) is 17.5 Å². The fraction of sp³-hybridized carbons (Fsp3) is 0.483. The van der Waals surface area contributed by atoms with Crippen LogP contribution >= 0.6 is 0 Å². The Morgan fingerprint density at radius 2 is 1.89 bits per heavy atom. The number of aromatic nitrogens is 3. The molecule has 0 unspecified atom stereocenters. The van der Waals surface area contributed by atoms with E-state index in [1.54, 1.807) is 6.20 Å². The molecule has 2 amide bonds. The first kappa shape index (κ1) is 23.8. The number of carbonyl (C=O) groups excluding carboxylic acids is 2. The standard InChI is InChI=1S/C29H33N5O3/c1-28(2,3)27-33-26(37-34-27)25(36)31-22-7-5-4-6-19-14-17(8-9-20(19)22)18-10-13-30-23(15-18)32-24(35)21-16-29(21)11-12-29/h8-10,13-15,21-22H,4-7,11-12,16H2,1-3H3,(H,31,36)(H,30,32,35)/t21-,22+/m0/s1. The van der Waals surface area contributed by atoms with Crippen LogP contribution in [0.1, 0.15) is 93.0 Å². The Labute approximate surface area is 216 Å². The van der Waals surface area contributed by atoms with Crippen LogP contribution in [-0.4, -0.2) is 26.9 Å². The summed E-state index contributed by atoms with van der Waals surface area (Å²) in [4.78, 5) is 34.2. The van der Waals surface area contributed by atoms with Crippen LogP contribution in [0.3, 0.4) is 0 Å². The van der Waals surface area contributed by atoms with Crippen molar-refractivity contribution in [3.05, 3.63) is 59.4 Å². The molecule has 3 aliphatic carbocycles. The summed E-state index contributed by atoms with van der Waals surface area (Å²) in [5, 5.41) is 10.1. The minimum Gasteiger partial charge on any atom is -0.341 e. The quantitative estimate of drug-likeness (QED) is 0.457. The Hall–Kier alpha value is -3.55. The van der Waals surface area contributed by atoms with E-state index in [2.05, 4.69) is 44.0 Å². The lowest BCUT2D eigenvalue weighted by Gasteiger charge is -2.19. The number of carbonyl (C=O) groups is 2. The van der Waals surface area contributed by atoms with Crippen molar-refractivity contribution in [3.8, 4) is 11.1 Å². The molecule has 192 valence electrons. The van der Waals surface area contributed by atoms with Crippen molar-refractivity contribution in [1.82, 2.24) is 20.4 Å². The number of nitrogens with zero attached hydrogens (tertiary/aromatic N) is 3. The number of nitrogens with one attached hydrogen (secondary N) is 2. The normalized spacial score (nSPS) is 21.6. The summed E-state index contributed by atoms with van der Waals surface area (Å²) in [6, 6.07) is 10.2. The first-order valence-electron chi connectivity index (χ1n) is 13.3. The van der Waals surface area contributed by atoms with Gasteiger partial charge in [-0.25, -0.2) is 4.98 Å². The van der Waals surface area contributed by atoms with E-state index in [9.17, 15) is 9.59 Å². The highest BCUT2D eigenvalue weighted by molar-refractivity contribution is 5.95. The van der Waals surface area contributed by atoms with Gasteiger partial charge in [-0.15, -0.1) is 0 Å². The van der Waals surface area contributed by atoms with Crippen LogP contribution in [-0.2, 0) is 16.6 Å². The second-order valence-electron chi connectivity index (χ2n) is 11.9. The topological polar surface area (TPSA) is 110 Å². The van der Waals surface area contributed by atoms with E-state index in [4.69, 9.17) is 4.52 Å². The summed E-state index contributed by atoms with van der Waals surface area (Å²) in [5.41, 5.74) is 4.45. The highest BCUT2D eigenvalue weighted by Gasteiger charge is 2.65. The van der Waals surface area contributed by atoms with Crippen LogP contribution in [0.4, 0.5) is 5.82 Å². The largest absolute Gasteiger partial charge is 0.341 e. The van der Waals surface area contributed by atoms with Gasteiger partial charge >= 0.3 is 11.8 Å². The zero-order valence-electron chi connectivity index (χ0n) is 21.6. The molecule has 2 fully saturated rings. The molecule has 8 heteroatoms. The third-order valence-corrected chi connectivity index (χ3v) is 8.05. The number of hydrogen-bond donors (Lipinski definition) is 2. The molecule has 2 atom stereocenters. The third-order valence-electron chi connectivity index (χ3n) is 8.05. The first-order chi connectivity index (χ1) is 17.7. The Balaban J connectivity index is 1.19. The number of pyridine rings is 1. The Morgan fingerprint density at radius 1 is 1.08 bits per heavy atom. The molecule has 6 rings (SSSR count). The van der Waals surface area contributed by atoms with Crippen LogP contribution < -0.4 is 10.6 Å². The molecule has 8 nitrogen and oxygen atoms in total. The van der Waals surface area contributed by atoms with E-state index in [0.717, 1.165) is 48.8 Å². The van der Waals surface area contributed by atoms with Gasteiger partial charge < -0.3 is 15.2 Å². The van der Waals surface area contributed by atoms with Crippen LogP contribution in [0.15, 0.2) is 41.1 Å². The van der Waals surface area contributed by atoms with Gasteiger partial charge in [0.05, 0.1) is 6.04 Å². The second kappa shape index (κ2) is 8.78. The van der Waals surface area contributed by atoms with E-state index in [1.807, 2.05) is 32.9 Å². The monoisotopic (exact) mass is 499 g/mol. The minimum absolute atomic E-state index is 0.00231. The van der Waals surface area contributed by atoms with Crippen molar-refractivity contribution in [1.29, 1.82) is 0 Å². The second-order valence-corrected chi connectivity index (χ2v) is 11.9. The number of amides is 2.